The molecule has 1 N–H and O–H groups in total. The van der Waals surface area contributed by atoms with Crippen molar-refractivity contribution >= 4 is 45.8 Å². The molecule has 1 aromatic carbocycles. The van der Waals surface area contributed by atoms with Crippen LogP contribution in [-0.2, 0) is 19.1 Å². The second kappa shape index (κ2) is 15.6. The molecule has 1 aromatic heterocycles. The van der Waals surface area contributed by atoms with Crippen LogP contribution in [0.25, 0.3) is 28.1 Å². The summed E-state index contributed by atoms with van der Waals surface area (Å²) in [6.07, 6.45) is 12.9. The Morgan fingerprint density at radius 3 is 2.39 bits per heavy atom. The van der Waals surface area contributed by atoms with E-state index < -0.39 is 11.9 Å². The van der Waals surface area contributed by atoms with Crippen LogP contribution in [0, 0.1) is 28.6 Å². The highest BCUT2D eigenvalue weighted by atomic mass is 16.5. The van der Waals surface area contributed by atoms with Crippen molar-refractivity contribution in [3.63, 3.8) is 0 Å². The average Bonchev–Trinajstić information content (AvgIpc) is 2.98. The molecule has 3 rings (SSSR count). The molecular weight excluding hydrogens is 516 g/mol. The van der Waals surface area contributed by atoms with Crippen LogP contribution >= 0.6 is 0 Å². The molecule has 1 aliphatic heterocycles. The number of nitriles is 2. The van der Waals surface area contributed by atoms with Crippen molar-refractivity contribution in [1.82, 2.24) is 4.98 Å². The normalized spacial score (nSPS) is 16.0. The zero-order valence-electron chi connectivity index (χ0n) is 24.6. The molecule has 2 aromatic rings. The first-order chi connectivity index (χ1) is 19.9. The summed E-state index contributed by atoms with van der Waals surface area (Å²) in [6.45, 7) is 8.66. The van der Waals surface area contributed by atoms with Crippen LogP contribution in [0.2, 0.25) is 0 Å². The first kappa shape index (κ1) is 31.4. The first-order valence-electron chi connectivity index (χ1n) is 14.7. The summed E-state index contributed by atoms with van der Waals surface area (Å²) in [6, 6.07) is 7.41. The second-order valence-corrected chi connectivity index (χ2v) is 10.4. The van der Waals surface area contributed by atoms with Crippen molar-refractivity contribution < 1.29 is 19.1 Å². The van der Waals surface area contributed by atoms with Crippen LogP contribution in [0.1, 0.15) is 84.6 Å². The highest BCUT2D eigenvalue weighted by Crippen LogP contribution is 2.23. The number of aromatic nitrogens is 1. The minimum absolute atomic E-state index is 0.138. The summed E-state index contributed by atoms with van der Waals surface area (Å²) in [4.78, 5) is 31.1. The molecule has 41 heavy (non-hydrogen) atoms. The second-order valence-electron chi connectivity index (χ2n) is 10.4. The number of unbranched alkanes of at least 4 members (excludes halogenated alkanes) is 4. The number of hydrogen-bond donors (Lipinski definition) is 1. The minimum atomic E-state index is -0.718. The number of carbonyl (C=O) groups excluding carboxylic acids is 2. The van der Waals surface area contributed by atoms with Gasteiger partial charge in [-0.25, -0.2) is 9.59 Å². The zero-order chi connectivity index (χ0) is 29.8. The van der Waals surface area contributed by atoms with Crippen LogP contribution in [-0.4, -0.2) is 36.2 Å². The van der Waals surface area contributed by atoms with Gasteiger partial charge in [-0.1, -0.05) is 77.5 Å². The molecule has 1 aliphatic rings. The highest BCUT2D eigenvalue weighted by Gasteiger charge is 2.25. The Labute approximate surface area is 242 Å². The van der Waals surface area contributed by atoms with E-state index in [9.17, 15) is 20.1 Å². The molecule has 0 aliphatic carbocycles. The number of esters is 2. The highest BCUT2D eigenvalue weighted by molar-refractivity contribution is 6.20. The quantitative estimate of drug-likeness (QED) is 0.260. The lowest BCUT2D eigenvalue weighted by Crippen LogP contribution is -2.33. The van der Waals surface area contributed by atoms with E-state index in [1.165, 1.54) is 0 Å². The topological polar surface area (TPSA) is 125 Å². The van der Waals surface area contributed by atoms with E-state index in [1.54, 1.807) is 18.3 Å². The molecule has 0 spiro atoms. The largest absolute Gasteiger partial charge is 0.462 e. The number of hydrogen-bond acceptors (Lipinski definition) is 8. The van der Waals surface area contributed by atoms with Crippen LogP contribution in [0.5, 0.6) is 0 Å². The van der Waals surface area contributed by atoms with Gasteiger partial charge in [0.25, 0.3) is 0 Å². The maximum atomic E-state index is 13.4. The number of pyridine rings is 1. The summed E-state index contributed by atoms with van der Waals surface area (Å²) in [5.41, 5.74) is 0.981. The Morgan fingerprint density at radius 1 is 1.00 bits per heavy atom. The summed E-state index contributed by atoms with van der Waals surface area (Å²) < 4.78 is 11.2. The lowest BCUT2D eigenvalue weighted by molar-refractivity contribution is -0.138. The van der Waals surface area contributed by atoms with Gasteiger partial charge >= 0.3 is 11.9 Å². The van der Waals surface area contributed by atoms with Gasteiger partial charge in [-0.3, -0.25) is 4.98 Å². The standard InChI is InChI=1S/C33H40N4O4/c1-5-8-10-11-18-40-32(38)26(19-34)28-24-14-12-17-36-30(24)29(31-25(28)16-15-22(4)37-31)27(20-35)33(39)41-21-23(7-3)13-9-6-2/h12,14-17,22-23,37H,5-11,13,18,21H2,1-4H3/b28-26-,29-27+. The smallest absolute Gasteiger partial charge is 0.349 e. The molecular formula is C33H40N4O4. The Bertz CT molecular complexity index is 1500. The molecule has 2 unspecified atom stereocenters. The van der Waals surface area contributed by atoms with Gasteiger partial charge in [0.05, 0.1) is 24.4 Å². The fourth-order valence-electron chi connectivity index (χ4n) is 5.01. The number of carbonyl (C=O) groups is 2. The third-order valence-corrected chi connectivity index (χ3v) is 7.38. The Kier molecular flexibility index (Phi) is 11.9. The molecule has 2 atom stereocenters. The predicted octanol–water partition coefficient (Wildman–Crippen LogP) is 5.29. The predicted molar refractivity (Wildman–Crippen MR) is 161 cm³/mol. The summed E-state index contributed by atoms with van der Waals surface area (Å²) in [5.74, 6) is -1.21. The van der Waals surface area contributed by atoms with E-state index in [0.29, 0.717) is 32.6 Å². The van der Waals surface area contributed by atoms with Gasteiger partial charge in [-0.05, 0) is 31.7 Å². The van der Waals surface area contributed by atoms with E-state index in [0.717, 1.165) is 51.4 Å². The fourth-order valence-corrected chi connectivity index (χ4v) is 5.01. The zero-order valence-corrected chi connectivity index (χ0v) is 24.6. The van der Waals surface area contributed by atoms with E-state index in [-0.39, 0.29) is 36.3 Å². The molecule has 8 nitrogen and oxygen atoms in total. The van der Waals surface area contributed by atoms with Crippen molar-refractivity contribution in [3.05, 3.63) is 40.4 Å². The Balaban J connectivity index is 2.24. The lowest BCUT2D eigenvalue weighted by atomic mass is 9.93. The molecule has 216 valence electrons. The van der Waals surface area contributed by atoms with Crippen molar-refractivity contribution in [2.24, 2.45) is 5.92 Å². The lowest BCUT2D eigenvalue weighted by Gasteiger charge is -2.22. The molecule has 0 fully saturated rings. The van der Waals surface area contributed by atoms with Crippen molar-refractivity contribution in [2.45, 2.75) is 85.1 Å². The summed E-state index contributed by atoms with van der Waals surface area (Å²) >= 11 is 0. The van der Waals surface area contributed by atoms with E-state index in [2.05, 4.69) is 43.2 Å². The van der Waals surface area contributed by atoms with Gasteiger partial charge in [0.1, 0.15) is 23.3 Å². The van der Waals surface area contributed by atoms with E-state index in [4.69, 9.17) is 9.47 Å². The van der Waals surface area contributed by atoms with Gasteiger partial charge in [-0.2, -0.15) is 10.5 Å². The number of nitrogens with one attached hydrogen (secondary N) is 1. The summed E-state index contributed by atoms with van der Waals surface area (Å²) in [5, 5.41) is 24.8. The molecule has 0 amide bonds. The van der Waals surface area contributed by atoms with E-state index in [1.807, 2.05) is 19.1 Å². The van der Waals surface area contributed by atoms with Crippen LogP contribution < -0.4 is 15.8 Å². The Morgan fingerprint density at radius 2 is 1.71 bits per heavy atom. The van der Waals surface area contributed by atoms with Gasteiger partial charge in [-0.15, -0.1) is 0 Å². The number of ether oxygens (including phenoxy) is 2. The van der Waals surface area contributed by atoms with Crippen LogP contribution in [0.15, 0.2) is 24.4 Å². The average molecular weight is 557 g/mol. The number of benzene rings is 1. The van der Waals surface area contributed by atoms with Crippen LogP contribution in [0.3, 0.4) is 0 Å². The molecule has 0 radical (unpaired) electrons. The molecule has 0 saturated heterocycles. The number of anilines is 1. The van der Waals surface area contributed by atoms with Crippen LogP contribution in [0.4, 0.5) is 5.69 Å². The maximum absolute atomic E-state index is 13.4. The number of rotatable bonds is 13. The third-order valence-electron chi connectivity index (χ3n) is 7.38. The van der Waals surface area contributed by atoms with Gasteiger partial charge in [0, 0.05) is 33.6 Å². The van der Waals surface area contributed by atoms with Gasteiger partial charge in [0.2, 0.25) is 0 Å². The number of nitrogens with zero attached hydrogens (tertiary/aromatic N) is 3. The van der Waals surface area contributed by atoms with Crippen molar-refractivity contribution in [2.75, 3.05) is 18.5 Å². The monoisotopic (exact) mass is 556 g/mol. The first-order valence-corrected chi connectivity index (χ1v) is 14.7. The maximum Gasteiger partial charge on any atom is 0.349 e. The SMILES string of the molecule is CCCCCCOC(=O)/C(C#N)=c1\c2c(/c(=C(\C#N)C(=O)OCC(CC)CCCC)c3ncccc13)NC(C)C=C2. The number of fused-ring (bicyclic) bond motifs is 2. The molecule has 2 heterocycles. The van der Waals surface area contributed by atoms with Crippen molar-refractivity contribution in [1.29, 1.82) is 10.5 Å². The van der Waals surface area contributed by atoms with Crippen molar-refractivity contribution in [3.8, 4) is 12.1 Å². The van der Waals surface area contributed by atoms with Gasteiger partial charge in [0.15, 0.2) is 0 Å². The third kappa shape index (κ3) is 7.52. The molecule has 0 bridgehead atoms. The molecule has 8 heteroatoms. The molecule has 0 saturated carbocycles. The van der Waals surface area contributed by atoms with Gasteiger partial charge < -0.3 is 14.8 Å². The minimum Gasteiger partial charge on any atom is -0.462 e. The Hall–Kier alpha value is -4.17. The fraction of sp³-hybridized carbons (Fsp3) is 0.485. The summed E-state index contributed by atoms with van der Waals surface area (Å²) in [7, 11) is 0. The van der Waals surface area contributed by atoms with E-state index >= 15 is 0 Å².